The van der Waals surface area contributed by atoms with E-state index in [0.717, 1.165) is 16.0 Å². The Morgan fingerprint density at radius 1 is 1.50 bits per heavy atom. The summed E-state index contributed by atoms with van der Waals surface area (Å²) in [7, 11) is 0. The van der Waals surface area contributed by atoms with E-state index in [9.17, 15) is 19.6 Å². The number of hydrogen-bond acceptors (Lipinski definition) is 5. The van der Waals surface area contributed by atoms with E-state index in [1.807, 2.05) is 5.41 Å². The SMILES string of the molecule is Cc1cc(Cn2nc(C3=CSCC3)c(O)c(C#N)c2=O)ccc1F. The van der Waals surface area contributed by atoms with Crippen molar-refractivity contribution in [1.82, 2.24) is 9.78 Å². The Bertz CT molecular complexity index is 944. The van der Waals surface area contributed by atoms with E-state index < -0.39 is 5.56 Å². The normalized spacial score (nSPS) is 13.6. The van der Waals surface area contributed by atoms with Crippen LogP contribution in [0.2, 0.25) is 0 Å². The molecule has 1 aromatic carbocycles. The first-order valence-corrected chi connectivity index (χ1v) is 8.36. The number of aromatic hydroxyl groups is 1. The number of hydrogen-bond donors (Lipinski definition) is 1. The number of aryl methyl sites for hydroxylation is 1. The van der Waals surface area contributed by atoms with Crippen LogP contribution in [-0.2, 0) is 6.54 Å². The molecule has 3 rings (SSSR count). The van der Waals surface area contributed by atoms with Crippen molar-refractivity contribution in [3.63, 3.8) is 0 Å². The maximum absolute atomic E-state index is 13.4. The number of benzene rings is 1. The summed E-state index contributed by atoms with van der Waals surface area (Å²) in [4.78, 5) is 12.4. The summed E-state index contributed by atoms with van der Waals surface area (Å²) in [6, 6.07) is 6.29. The lowest BCUT2D eigenvalue weighted by molar-refractivity contribution is 0.456. The monoisotopic (exact) mass is 343 g/mol. The zero-order valence-corrected chi connectivity index (χ0v) is 13.7. The molecule has 7 heteroatoms. The molecule has 1 aliphatic heterocycles. The van der Waals surface area contributed by atoms with Crippen molar-refractivity contribution < 1.29 is 9.50 Å². The van der Waals surface area contributed by atoms with Crippen molar-refractivity contribution >= 4 is 17.3 Å². The third kappa shape index (κ3) is 2.93. The fourth-order valence-corrected chi connectivity index (χ4v) is 3.41. The van der Waals surface area contributed by atoms with Gasteiger partial charge in [-0.25, -0.2) is 9.07 Å². The van der Waals surface area contributed by atoms with Crippen molar-refractivity contribution in [3.05, 3.63) is 62.2 Å². The standard InChI is InChI=1S/C17H14FN3O2S/c1-10-6-11(2-3-14(10)18)8-21-17(23)13(7-19)16(22)15(20-21)12-4-5-24-9-12/h2-3,6,9,22H,4-5,8H2,1H3. The molecule has 0 unspecified atom stereocenters. The lowest BCUT2D eigenvalue weighted by Crippen LogP contribution is -2.27. The van der Waals surface area contributed by atoms with E-state index in [1.54, 1.807) is 36.9 Å². The maximum Gasteiger partial charge on any atom is 0.288 e. The predicted octanol–water partition coefficient (Wildman–Crippen LogP) is 2.79. The fourth-order valence-electron chi connectivity index (χ4n) is 2.53. The largest absolute Gasteiger partial charge is 0.504 e. The average Bonchev–Trinajstić information content (AvgIpc) is 3.08. The van der Waals surface area contributed by atoms with Crippen LogP contribution in [0.25, 0.3) is 5.57 Å². The highest BCUT2D eigenvalue weighted by atomic mass is 32.2. The molecule has 1 aromatic heterocycles. The predicted molar refractivity (Wildman–Crippen MR) is 90.2 cm³/mol. The second-order valence-electron chi connectivity index (χ2n) is 5.49. The van der Waals surface area contributed by atoms with E-state index in [2.05, 4.69) is 5.10 Å². The third-order valence-corrected chi connectivity index (χ3v) is 4.71. The van der Waals surface area contributed by atoms with Gasteiger partial charge in [0.25, 0.3) is 5.56 Å². The number of nitriles is 1. The van der Waals surface area contributed by atoms with Gasteiger partial charge in [-0.2, -0.15) is 10.4 Å². The highest BCUT2D eigenvalue weighted by Gasteiger charge is 2.21. The molecule has 0 amide bonds. The van der Waals surface area contributed by atoms with Crippen LogP contribution >= 0.6 is 11.8 Å². The van der Waals surface area contributed by atoms with E-state index in [1.165, 1.54) is 6.07 Å². The lowest BCUT2D eigenvalue weighted by atomic mass is 10.1. The Kier molecular flexibility index (Phi) is 4.40. The van der Waals surface area contributed by atoms with Crippen LogP contribution in [0, 0.1) is 24.1 Å². The van der Waals surface area contributed by atoms with Gasteiger partial charge >= 0.3 is 0 Å². The molecule has 2 aromatic rings. The molecular weight excluding hydrogens is 329 g/mol. The van der Waals surface area contributed by atoms with Gasteiger partial charge in [-0.1, -0.05) is 12.1 Å². The number of aromatic nitrogens is 2. The molecule has 1 aliphatic rings. The molecular formula is C17H14FN3O2S. The Hall–Kier alpha value is -2.59. The highest BCUT2D eigenvalue weighted by Crippen LogP contribution is 2.34. The van der Waals surface area contributed by atoms with Gasteiger partial charge in [0.05, 0.1) is 6.54 Å². The van der Waals surface area contributed by atoms with Crippen LogP contribution < -0.4 is 5.56 Å². The van der Waals surface area contributed by atoms with Crippen molar-refractivity contribution in [1.29, 1.82) is 5.26 Å². The molecule has 0 radical (unpaired) electrons. The molecule has 24 heavy (non-hydrogen) atoms. The molecule has 0 atom stereocenters. The van der Waals surface area contributed by atoms with Crippen molar-refractivity contribution in [2.45, 2.75) is 19.9 Å². The Balaban J connectivity index is 2.10. The smallest absolute Gasteiger partial charge is 0.288 e. The number of thioether (sulfide) groups is 1. The number of allylic oxidation sites excluding steroid dienone is 1. The van der Waals surface area contributed by atoms with Gasteiger partial charge in [-0.15, -0.1) is 11.8 Å². The van der Waals surface area contributed by atoms with Crippen molar-refractivity contribution in [2.24, 2.45) is 0 Å². The average molecular weight is 343 g/mol. The summed E-state index contributed by atoms with van der Waals surface area (Å²) in [5, 5.41) is 25.5. The van der Waals surface area contributed by atoms with Crippen LogP contribution in [0.15, 0.2) is 28.4 Å². The van der Waals surface area contributed by atoms with E-state index >= 15 is 0 Å². The van der Waals surface area contributed by atoms with Crippen molar-refractivity contribution in [3.8, 4) is 11.8 Å². The van der Waals surface area contributed by atoms with Gasteiger partial charge in [-0.3, -0.25) is 4.79 Å². The first-order chi connectivity index (χ1) is 11.5. The molecule has 5 nitrogen and oxygen atoms in total. The Morgan fingerprint density at radius 3 is 2.92 bits per heavy atom. The summed E-state index contributed by atoms with van der Waals surface area (Å²) in [6.45, 7) is 1.74. The quantitative estimate of drug-likeness (QED) is 0.927. The second kappa shape index (κ2) is 6.49. The van der Waals surface area contributed by atoms with Gasteiger partial charge in [0.2, 0.25) is 0 Å². The zero-order chi connectivity index (χ0) is 17.3. The minimum Gasteiger partial charge on any atom is -0.504 e. The lowest BCUT2D eigenvalue weighted by Gasteiger charge is -2.11. The van der Waals surface area contributed by atoms with Gasteiger partial charge in [0.15, 0.2) is 11.3 Å². The van der Waals surface area contributed by atoms with E-state index in [-0.39, 0.29) is 29.4 Å². The summed E-state index contributed by atoms with van der Waals surface area (Å²) in [5.74, 6) is 0.174. The summed E-state index contributed by atoms with van der Waals surface area (Å²) in [6.07, 6.45) is 0.712. The maximum atomic E-state index is 13.4. The number of rotatable bonds is 3. The Morgan fingerprint density at radius 2 is 2.29 bits per heavy atom. The van der Waals surface area contributed by atoms with Gasteiger partial charge < -0.3 is 5.11 Å². The third-order valence-electron chi connectivity index (χ3n) is 3.82. The van der Waals surface area contributed by atoms with Crippen molar-refractivity contribution in [2.75, 3.05) is 5.75 Å². The molecule has 0 spiro atoms. The molecule has 122 valence electrons. The summed E-state index contributed by atoms with van der Waals surface area (Å²) < 4.78 is 14.5. The van der Waals surface area contributed by atoms with Gasteiger partial charge in [0, 0.05) is 5.75 Å². The van der Waals surface area contributed by atoms with E-state index in [4.69, 9.17) is 0 Å². The molecule has 2 heterocycles. The molecule has 0 saturated carbocycles. The summed E-state index contributed by atoms with van der Waals surface area (Å²) in [5.41, 5.74) is 1.24. The zero-order valence-electron chi connectivity index (χ0n) is 12.9. The van der Waals surface area contributed by atoms with Crippen LogP contribution in [-0.4, -0.2) is 20.6 Å². The number of nitrogens with zero attached hydrogens (tertiary/aromatic N) is 3. The second-order valence-corrected chi connectivity index (χ2v) is 6.47. The van der Waals surface area contributed by atoms with Crippen LogP contribution in [0.4, 0.5) is 4.39 Å². The fraction of sp³-hybridized carbons (Fsp3) is 0.235. The van der Waals surface area contributed by atoms with Crippen LogP contribution in [0.3, 0.4) is 0 Å². The van der Waals surface area contributed by atoms with Crippen LogP contribution in [0.1, 0.15) is 28.8 Å². The molecule has 0 saturated heterocycles. The van der Waals surface area contributed by atoms with Crippen LogP contribution in [0.5, 0.6) is 5.75 Å². The molecule has 0 fully saturated rings. The van der Waals surface area contributed by atoms with Gasteiger partial charge in [-0.05, 0) is 41.5 Å². The minimum absolute atomic E-state index is 0.0995. The molecule has 0 bridgehead atoms. The molecule has 1 N–H and O–H groups in total. The van der Waals surface area contributed by atoms with Gasteiger partial charge in [0.1, 0.15) is 17.6 Å². The highest BCUT2D eigenvalue weighted by molar-refractivity contribution is 8.02. The summed E-state index contributed by atoms with van der Waals surface area (Å²) >= 11 is 1.59. The van der Waals surface area contributed by atoms with E-state index in [0.29, 0.717) is 17.5 Å². The minimum atomic E-state index is -0.660. The first-order valence-electron chi connectivity index (χ1n) is 7.31. The first kappa shape index (κ1) is 16.3. The molecule has 0 aliphatic carbocycles. The number of halogens is 1. The Labute approximate surface area is 142 Å². The topological polar surface area (TPSA) is 78.9 Å².